The van der Waals surface area contributed by atoms with E-state index in [-0.39, 0.29) is 6.04 Å². The molecule has 6 heteroatoms. The SMILES string of the molecule is COc1c(Br)cc(Br)cc1CNC(C)c1ncc(C)s1. The maximum Gasteiger partial charge on any atom is 0.137 e. The van der Waals surface area contributed by atoms with Gasteiger partial charge in [-0.2, -0.15) is 0 Å². The zero-order valence-electron chi connectivity index (χ0n) is 11.5. The first-order valence-corrected chi connectivity index (χ1v) is 8.59. The molecule has 1 unspecified atom stereocenters. The Morgan fingerprint density at radius 1 is 1.40 bits per heavy atom. The van der Waals surface area contributed by atoms with Crippen LogP contribution in [0.15, 0.2) is 27.3 Å². The molecular weight excluding hydrogens is 404 g/mol. The molecular formula is C14H16Br2N2OS. The van der Waals surface area contributed by atoms with Gasteiger partial charge in [0.25, 0.3) is 0 Å². The quantitative estimate of drug-likeness (QED) is 0.752. The number of halogens is 2. The summed E-state index contributed by atoms with van der Waals surface area (Å²) in [6.45, 7) is 4.92. The van der Waals surface area contributed by atoms with E-state index in [2.05, 4.69) is 62.1 Å². The Morgan fingerprint density at radius 2 is 2.15 bits per heavy atom. The van der Waals surface area contributed by atoms with Crippen molar-refractivity contribution in [2.45, 2.75) is 26.4 Å². The van der Waals surface area contributed by atoms with Crippen LogP contribution >= 0.6 is 43.2 Å². The second-order valence-electron chi connectivity index (χ2n) is 4.49. The summed E-state index contributed by atoms with van der Waals surface area (Å²) >= 11 is 8.75. The number of ether oxygens (including phenoxy) is 1. The molecule has 0 saturated heterocycles. The average Bonchev–Trinajstić information content (AvgIpc) is 2.82. The number of thiazole rings is 1. The molecule has 1 atom stereocenters. The van der Waals surface area contributed by atoms with Crippen molar-refractivity contribution in [2.24, 2.45) is 0 Å². The van der Waals surface area contributed by atoms with E-state index in [0.717, 1.165) is 31.8 Å². The minimum absolute atomic E-state index is 0.219. The monoisotopic (exact) mass is 418 g/mol. The number of aromatic nitrogens is 1. The topological polar surface area (TPSA) is 34.1 Å². The van der Waals surface area contributed by atoms with E-state index in [4.69, 9.17) is 4.74 Å². The number of rotatable bonds is 5. The van der Waals surface area contributed by atoms with Gasteiger partial charge in [0.1, 0.15) is 10.8 Å². The van der Waals surface area contributed by atoms with Crippen LogP contribution in [0.3, 0.4) is 0 Å². The van der Waals surface area contributed by atoms with Crippen LogP contribution in [-0.2, 0) is 6.54 Å². The molecule has 0 amide bonds. The summed E-state index contributed by atoms with van der Waals surface area (Å²) in [6, 6.07) is 4.27. The average molecular weight is 420 g/mol. The number of nitrogens with one attached hydrogen (secondary N) is 1. The molecule has 1 aromatic heterocycles. The van der Waals surface area contributed by atoms with Gasteiger partial charge in [-0.1, -0.05) is 15.9 Å². The van der Waals surface area contributed by atoms with Crippen LogP contribution in [0.5, 0.6) is 5.75 Å². The molecule has 0 aliphatic rings. The molecule has 0 aliphatic carbocycles. The van der Waals surface area contributed by atoms with Crippen LogP contribution in [0.1, 0.15) is 28.4 Å². The van der Waals surface area contributed by atoms with Crippen LogP contribution in [0.25, 0.3) is 0 Å². The first-order chi connectivity index (χ1) is 9.51. The van der Waals surface area contributed by atoms with E-state index in [1.165, 1.54) is 4.88 Å². The summed E-state index contributed by atoms with van der Waals surface area (Å²) in [5.41, 5.74) is 1.11. The molecule has 108 valence electrons. The fourth-order valence-corrected chi connectivity index (χ4v) is 4.17. The Balaban J connectivity index is 2.10. The fourth-order valence-electron chi connectivity index (χ4n) is 1.90. The van der Waals surface area contributed by atoms with Gasteiger partial charge < -0.3 is 10.1 Å². The summed E-state index contributed by atoms with van der Waals surface area (Å²) in [5.74, 6) is 0.864. The number of aryl methyl sites for hydroxylation is 1. The van der Waals surface area contributed by atoms with E-state index in [0.29, 0.717) is 0 Å². The van der Waals surface area contributed by atoms with Gasteiger partial charge in [-0.3, -0.25) is 0 Å². The molecule has 0 bridgehead atoms. The third-order valence-electron chi connectivity index (χ3n) is 2.90. The highest BCUT2D eigenvalue weighted by Crippen LogP contribution is 2.33. The standard InChI is InChI=1S/C14H16Br2N2OS/c1-8-6-18-14(20-8)9(2)17-7-10-4-11(15)5-12(16)13(10)19-3/h4-6,9,17H,7H2,1-3H3. The molecule has 3 nitrogen and oxygen atoms in total. The summed E-state index contributed by atoms with van der Waals surface area (Å²) < 4.78 is 7.43. The van der Waals surface area contributed by atoms with Crippen molar-refractivity contribution in [2.75, 3.05) is 7.11 Å². The lowest BCUT2D eigenvalue weighted by Crippen LogP contribution is -2.18. The van der Waals surface area contributed by atoms with Gasteiger partial charge in [-0.15, -0.1) is 11.3 Å². The van der Waals surface area contributed by atoms with Crippen molar-refractivity contribution in [3.63, 3.8) is 0 Å². The Bertz CT molecular complexity index is 601. The van der Waals surface area contributed by atoms with Crippen LogP contribution in [-0.4, -0.2) is 12.1 Å². The van der Waals surface area contributed by atoms with Gasteiger partial charge >= 0.3 is 0 Å². The molecule has 0 saturated carbocycles. The first-order valence-electron chi connectivity index (χ1n) is 6.19. The lowest BCUT2D eigenvalue weighted by Gasteiger charge is -2.15. The maximum atomic E-state index is 5.45. The van der Waals surface area contributed by atoms with Gasteiger partial charge in [-0.05, 0) is 41.9 Å². The molecule has 1 N–H and O–H groups in total. The predicted molar refractivity (Wildman–Crippen MR) is 90.5 cm³/mol. The minimum Gasteiger partial charge on any atom is -0.495 e. The van der Waals surface area contributed by atoms with Gasteiger partial charge in [0, 0.05) is 27.7 Å². The van der Waals surface area contributed by atoms with Gasteiger partial charge in [-0.25, -0.2) is 4.98 Å². The minimum atomic E-state index is 0.219. The molecule has 0 spiro atoms. The van der Waals surface area contributed by atoms with Gasteiger partial charge in [0.05, 0.1) is 17.6 Å². The summed E-state index contributed by atoms with van der Waals surface area (Å²) in [6.07, 6.45) is 1.91. The first kappa shape index (κ1) is 15.9. The molecule has 0 radical (unpaired) electrons. The third-order valence-corrected chi connectivity index (χ3v) is 5.04. The summed E-state index contributed by atoms with van der Waals surface area (Å²) in [5, 5.41) is 4.59. The molecule has 2 aromatic rings. The summed E-state index contributed by atoms with van der Waals surface area (Å²) in [4.78, 5) is 5.64. The van der Waals surface area contributed by atoms with E-state index < -0.39 is 0 Å². The van der Waals surface area contributed by atoms with E-state index >= 15 is 0 Å². The Morgan fingerprint density at radius 3 is 2.75 bits per heavy atom. The van der Waals surface area contributed by atoms with E-state index in [1.54, 1.807) is 18.4 Å². The second-order valence-corrected chi connectivity index (χ2v) is 7.53. The molecule has 2 rings (SSSR count). The Labute approximate surface area is 140 Å². The molecule has 0 aliphatic heterocycles. The van der Waals surface area contributed by atoms with Crippen LogP contribution < -0.4 is 10.1 Å². The van der Waals surface area contributed by atoms with Crippen molar-refractivity contribution < 1.29 is 4.74 Å². The summed E-state index contributed by atoms with van der Waals surface area (Å²) in [7, 11) is 1.69. The van der Waals surface area contributed by atoms with Gasteiger partial charge in [0.15, 0.2) is 0 Å². The van der Waals surface area contributed by atoms with E-state index in [1.807, 2.05) is 12.3 Å². The fraction of sp³-hybridized carbons (Fsp3) is 0.357. The maximum absolute atomic E-state index is 5.45. The Kier molecular flexibility index (Phi) is 5.60. The van der Waals surface area contributed by atoms with Crippen LogP contribution in [0, 0.1) is 6.92 Å². The zero-order chi connectivity index (χ0) is 14.7. The lowest BCUT2D eigenvalue weighted by atomic mass is 10.2. The van der Waals surface area contributed by atoms with Gasteiger partial charge in [0.2, 0.25) is 0 Å². The highest BCUT2D eigenvalue weighted by atomic mass is 79.9. The van der Waals surface area contributed by atoms with Crippen molar-refractivity contribution in [1.82, 2.24) is 10.3 Å². The number of hydrogen-bond donors (Lipinski definition) is 1. The van der Waals surface area contributed by atoms with E-state index in [9.17, 15) is 0 Å². The van der Waals surface area contributed by atoms with Crippen molar-refractivity contribution >= 4 is 43.2 Å². The van der Waals surface area contributed by atoms with Crippen molar-refractivity contribution in [1.29, 1.82) is 0 Å². The molecule has 0 fully saturated rings. The highest BCUT2D eigenvalue weighted by Gasteiger charge is 2.13. The molecule has 1 aromatic carbocycles. The Hall–Kier alpha value is -0.430. The number of benzene rings is 1. The smallest absolute Gasteiger partial charge is 0.137 e. The number of hydrogen-bond acceptors (Lipinski definition) is 4. The number of methoxy groups -OCH3 is 1. The van der Waals surface area contributed by atoms with Crippen LogP contribution in [0.4, 0.5) is 0 Å². The second kappa shape index (κ2) is 7.02. The van der Waals surface area contributed by atoms with Crippen molar-refractivity contribution in [3.8, 4) is 5.75 Å². The predicted octanol–water partition coefficient (Wildman–Crippen LogP) is 4.84. The third kappa shape index (κ3) is 3.81. The van der Waals surface area contributed by atoms with Crippen LogP contribution in [0.2, 0.25) is 0 Å². The normalized spacial score (nSPS) is 12.4. The largest absolute Gasteiger partial charge is 0.495 e. The molecule has 1 heterocycles. The molecule has 20 heavy (non-hydrogen) atoms. The van der Waals surface area contributed by atoms with Crippen molar-refractivity contribution in [3.05, 3.63) is 42.7 Å². The zero-order valence-corrected chi connectivity index (χ0v) is 15.5. The number of nitrogens with zero attached hydrogens (tertiary/aromatic N) is 1. The lowest BCUT2D eigenvalue weighted by molar-refractivity contribution is 0.403. The highest BCUT2D eigenvalue weighted by molar-refractivity contribution is 9.11.